The number of hydrogen-bond acceptors (Lipinski definition) is 6. The molecule has 0 radical (unpaired) electrons. The minimum absolute atomic E-state index is 0.107. The van der Waals surface area contributed by atoms with Crippen molar-refractivity contribution in [3.8, 4) is 6.07 Å². The topological polar surface area (TPSA) is 83.3 Å². The van der Waals surface area contributed by atoms with Crippen LogP contribution in [0.5, 0.6) is 0 Å². The Morgan fingerprint density at radius 1 is 1.42 bits per heavy atom. The van der Waals surface area contributed by atoms with Gasteiger partial charge in [0.25, 0.3) is 0 Å². The first-order chi connectivity index (χ1) is 12.4. The molecule has 9 heteroatoms. The largest absolute Gasteiger partial charge is 0.462 e. The highest BCUT2D eigenvalue weighted by molar-refractivity contribution is 7.14. The van der Waals surface area contributed by atoms with Crippen LogP contribution in [0.2, 0.25) is 0 Å². The van der Waals surface area contributed by atoms with Crippen LogP contribution in [0, 0.1) is 23.0 Å². The van der Waals surface area contributed by atoms with Gasteiger partial charge in [0.1, 0.15) is 23.3 Å². The summed E-state index contributed by atoms with van der Waals surface area (Å²) in [5, 5.41) is 10.6. The van der Waals surface area contributed by atoms with Crippen LogP contribution in [-0.2, 0) is 14.3 Å². The van der Waals surface area contributed by atoms with Gasteiger partial charge < -0.3 is 4.74 Å². The highest BCUT2D eigenvalue weighted by Gasteiger charge is 2.21. The van der Waals surface area contributed by atoms with Gasteiger partial charge in [-0.25, -0.2) is 18.6 Å². The van der Waals surface area contributed by atoms with Crippen molar-refractivity contribution < 1.29 is 23.1 Å². The van der Waals surface area contributed by atoms with Crippen LogP contribution >= 0.6 is 11.3 Å². The number of rotatable bonds is 5. The molecule has 0 aliphatic rings. The lowest BCUT2D eigenvalue weighted by molar-refractivity contribution is -0.137. The summed E-state index contributed by atoms with van der Waals surface area (Å²) >= 11 is 0.999. The van der Waals surface area contributed by atoms with E-state index in [1.54, 1.807) is 13.0 Å². The predicted octanol–water partition coefficient (Wildman–Crippen LogP) is 3.58. The first-order valence-corrected chi connectivity index (χ1v) is 8.25. The number of thiazole rings is 1. The van der Waals surface area contributed by atoms with Crippen molar-refractivity contribution in [2.24, 2.45) is 0 Å². The van der Waals surface area contributed by atoms with E-state index < -0.39 is 23.5 Å². The van der Waals surface area contributed by atoms with Crippen LogP contribution < -0.4 is 4.90 Å². The molecule has 0 fully saturated rings. The number of nitrogens with zero attached hydrogens (tertiary/aromatic N) is 3. The quantitative estimate of drug-likeness (QED) is 0.452. The number of anilines is 2. The molecule has 1 heterocycles. The summed E-state index contributed by atoms with van der Waals surface area (Å²) in [6.45, 7) is 2.93. The number of aromatic nitrogens is 1. The number of benzene rings is 1. The fourth-order valence-electron chi connectivity index (χ4n) is 2.01. The second kappa shape index (κ2) is 8.31. The van der Waals surface area contributed by atoms with Crippen molar-refractivity contribution in [3.63, 3.8) is 0 Å². The summed E-state index contributed by atoms with van der Waals surface area (Å²) in [5.74, 6) is -3.02. The van der Waals surface area contributed by atoms with E-state index in [9.17, 15) is 18.4 Å². The lowest BCUT2D eigenvalue weighted by atomic mass is 10.2. The van der Waals surface area contributed by atoms with Crippen LogP contribution in [0.15, 0.2) is 29.2 Å². The third-order valence-electron chi connectivity index (χ3n) is 3.07. The molecule has 0 spiro atoms. The zero-order valence-corrected chi connectivity index (χ0v) is 14.6. The summed E-state index contributed by atoms with van der Waals surface area (Å²) in [6, 6.07) is 4.53. The molecule has 1 aromatic heterocycles. The van der Waals surface area contributed by atoms with Gasteiger partial charge in [0.05, 0.1) is 18.0 Å². The molecular formula is C17H13F2N3O3S. The van der Waals surface area contributed by atoms with E-state index in [0.717, 1.165) is 28.4 Å². The Balaban J connectivity index is 2.40. The maximum atomic E-state index is 14.0. The Morgan fingerprint density at radius 3 is 2.73 bits per heavy atom. The van der Waals surface area contributed by atoms with Crippen molar-refractivity contribution >= 4 is 40.1 Å². The molecule has 0 aliphatic heterocycles. The lowest BCUT2D eigenvalue weighted by Gasteiger charge is -2.18. The third-order valence-corrected chi connectivity index (χ3v) is 3.92. The Hall–Kier alpha value is -3.12. The Morgan fingerprint density at radius 2 is 2.15 bits per heavy atom. The van der Waals surface area contributed by atoms with Gasteiger partial charge in [-0.1, -0.05) is 0 Å². The van der Waals surface area contributed by atoms with Crippen molar-refractivity contribution in [1.29, 1.82) is 5.26 Å². The summed E-state index contributed by atoms with van der Waals surface area (Å²) in [6.07, 6.45) is 1.21. The highest BCUT2D eigenvalue weighted by Crippen LogP contribution is 2.31. The number of halogens is 2. The van der Waals surface area contributed by atoms with E-state index >= 15 is 0 Å². The minimum Gasteiger partial charge on any atom is -0.462 e. The van der Waals surface area contributed by atoms with Crippen LogP contribution in [0.25, 0.3) is 6.08 Å². The molecule has 134 valence electrons. The second-order valence-corrected chi connectivity index (χ2v) is 5.73. The number of esters is 1. The SMILES string of the molecule is CCOC(=O)/C(C#N)=C/c1csc(N(C(C)=O)c2ccc(F)cc2F)n1. The van der Waals surface area contributed by atoms with E-state index in [0.29, 0.717) is 6.07 Å². The molecule has 1 aromatic carbocycles. The fraction of sp³-hybridized carbons (Fsp3) is 0.176. The first kappa shape index (κ1) is 19.2. The van der Waals surface area contributed by atoms with Gasteiger partial charge in [-0.05, 0) is 25.1 Å². The van der Waals surface area contributed by atoms with Gasteiger partial charge in [-0.3, -0.25) is 9.69 Å². The van der Waals surface area contributed by atoms with E-state index in [-0.39, 0.29) is 28.7 Å². The number of hydrogen-bond donors (Lipinski definition) is 0. The molecule has 6 nitrogen and oxygen atoms in total. The standard InChI is InChI=1S/C17H13F2N3O3S/c1-3-25-16(24)11(8-20)6-13-9-26-17(21-13)22(10(2)23)15-5-4-12(18)7-14(15)19/h4-7,9H,3H2,1-2H3/b11-6+. The Labute approximate surface area is 151 Å². The third kappa shape index (κ3) is 4.29. The number of carbonyl (C=O) groups is 2. The lowest BCUT2D eigenvalue weighted by Crippen LogP contribution is -2.23. The van der Waals surface area contributed by atoms with E-state index in [1.165, 1.54) is 18.4 Å². The Bertz CT molecular complexity index is 918. The summed E-state index contributed by atoms with van der Waals surface area (Å²) in [7, 11) is 0. The van der Waals surface area contributed by atoms with Crippen molar-refractivity contribution in [1.82, 2.24) is 4.98 Å². The summed E-state index contributed by atoms with van der Waals surface area (Å²) in [4.78, 5) is 28.7. The van der Waals surface area contributed by atoms with Crippen LogP contribution in [0.1, 0.15) is 19.5 Å². The van der Waals surface area contributed by atoms with Gasteiger partial charge in [-0.15, -0.1) is 11.3 Å². The normalized spacial score (nSPS) is 11.0. The average Bonchev–Trinajstić information content (AvgIpc) is 3.03. The molecule has 2 rings (SSSR count). The zero-order valence-electron chi connectivity index (χ0n) is 13.8. The number of carbonyl (C=O) groups excluding carboxylic acids is 2. The minimum atomic E-state index is -0.920. The molecular weight excluding hydrogens is 364 g/mol. The highest BCUT2D eigenvalue weighted by atomic mass is 32.1. The maximum Gasteiger partial charge on any atom is 0.348 e. The van der Waals surface area contributed by atoms with Gasteiger partial charge in [0, 0.05) is 18.4 Å². The van der Waals surface area contributed by atoms with Crippen LogP contribution in [0.3, 0.4) is 0 Å². The molecule has 0 N–H and O–H groups in total. The van der Waals surface area contributed by atoms with Gasteiger partial charge in [0.15, 0.2) is 5.13 Å². The van der Waals surface area contributed by atoms with Crippen LogP contribution in [-0.4, -0.2) is 23.5 Å². The van der Waals surface area contributed by atoms with E-state index in [4.69, 9.17) is 10.00 Å². The van der Waals surface area contributed by atoms with Gasteiger partial charge >= 0.3 is 5.97 Å². The zero-order chi connectivity index (χ0) is 19.3. The number of nitriles is 1. The van der Waals surface area contributed by atoms with Crippen molar-refractivity contribution in [2.45, 2.75) is 13.8 Å². The summed E-state index contributed by atoms with van der Waals surface area (Å²) < 4.78 is 31.9. The van der Waals surface area contributed by atoms with Gasteiger partial charge in [0.2, 0.25) is 5.91 Å². The average molecular weight is 377 g/mol. The molecule has 0 saturated heterocycles. The van der Waals surface area contributed by atoms with E-state index in [2.05, 4.69) is 4.98 Å². The smallest absolute Gasteiger partial charge is 0.348 e. The molecule has 26 heavy (non-hydrogen) atoms. The predicted molar refractivity (Wildman–Crippen MR) is 91.5 cm³/mol. The van der Waals surface area contributed by atoms with E-state index in [1.807, 2.05) is 0 Å². The van der Waals surface area contributed by atoms with Crippen molar-refractivity contribution in [2.75, 3.05) is 11.5 Å². The first-order valence-electron chi connectivity index (χ1n) is 7.37. The maximum absolute atomic E-state index is 14.0. The fourth-order valence-corrected chi connectivity index (χ4v) is 2.85. The number of amides is 1. The molecule has 0 unspecified atom stereocenters. The molecule has 0 aliphatic carbocycles. The molecule has 1 amide bonds. The molecule has 2 aromatic rings. The second-order valence-electron chi connectivity index (χ2n) is 4.90. The van der Waals surface area contributed by atoms with Crippen LogP contribution in [0.4, 0.5) is 19.6 Å². The van der Waals surface area contributed by atoms with Gasteiger partial charge in [-0.2, -0.15) is 5.26 Å². The molecule has 0 bridgehead atoms. The number of ether oxygens (including phenoxy) is 1. The Kier molecular flexibility index (Phi) is 6.14. The molecule has 0 saturated carbocycles. The monoisotopic (exact) mass is 377 g/mol. The molecule has 0 atom stereocenters. The van der Waals surface area contributed by atoms with Crippen molar-refractivity contribution in [3.05, 3.63) is 46.5 Å². The summed E-state index contributed by atoms with van der Waals surface area (Å²) in [5.41, 5.74) is -0.191.